The smallest absolute Gasteiger partial charge is 0.250 e. The number of nitrogens with two attached hydrogens (primary N) is 2. The average Bonchev–Trinajstić information content (AvgIpc) is 2.70. The first kappa shape index (κ1) is 18.3. The molecule has 4 rings (SSSR count). The summed E-state index contributed by atoms with van der Waals surface area (Å²) in [5.74, 6) is 0.178. The Balaban J connectivity index is 1.62. The molecule has 0 radical (unpaired) electrons. The molecule has 0 aliphatic heterocycles. The summed E-state index contributed by atoms with van der Waals surface area (Å²) in [5, 5.41) is 7.83. The van der Waals surface area contributed by atoms with Crippen LogP contribution in [0.3, 0.4) is 0 Å². The number of fused-ring (bicyclic) bond motifs is 1. The van der Waals surface area contributed by atoms with Gasteiger partial charge < -0.3 is 22.1 Å². The van der Waals surface area contributed by atoms with Crippen LogP contribution in [-0.4, -0.2) is 23.0 Å². The second-order valence-electron chi connectivity index (χ2n) is 7.34. The molecule has 1 aromatic heterocycles. The minimum atomic E-state index is -0.482. The van der Waals surface area contributed by atoms with Gasteiger partial charge in [0.05, 0.1) is 16.8 Å². The fraction of sp³-hybridized carbons (Fsp3) is 0.273. The first-order valence-electron chi connectivity index (χ1n) is 9.69. The van der Waals surface area contributed by atoms with Gasteiger partial charge in [0.15, 0.2) is 0 Å². The third-order valence-corrected chi connectivity index (χ3v) is 5.32. The van der Waals surface area contributed by atoms with Crippen molar-refractivity contribution in [2.24, 2.45) is 11.5 Å². The highest BCUT2D eigenvalue weighted by Crippen LogP contribution is 2.27. The van der Waals surface area contributed by atoms with Crippen molar-refractivity contribution in [1.29, 1.82) is 0 Å². The molecule has 1 saturated carbocycles. The molecule has 1 aliphatic carbocycles. The number of nitrogens with one attached hydrogen (secondary N) is 2. The van der Waals surface area contributed by atoms with E-state index in [9.17, 15) is 4.79 Å². The van der Waals surface area contributed by atoms with Gasteiger partial charge in [-0.3, -0.25) is 4.79 Å². The predicted octanol–water partition coefficient (Wildman–Crippen LogP) is 3.76. The van der Waals surface area contributed by atoms with Crippen LogP contribution in [-0.2, 0) is 0 Å². The second kappa shape index (κ2) is 7.86. The summed E-state index contributed by atoms with van der Waals surface area (Å²) in [7, 11) is 0. The molecule has 3 aromatic rings. The maximum atomic E-state index is 11.9. The average molecular weight is 375 g/mol. The van der Waals surface area contributed by atoms with Crippen molar-refractivity contribution < 1.29 is 4.79 Å². The Labute approximate surface area is 164 Å². The van der Waals surface area contributed by atoms with Crippen LogP contribution < -0.4 is 22.1 Å². The van der Waals surface area contributed by atoms with Crippen molar-refractivity contribution in [2.75, 3.05) is 10.6 Å². The van der Waals surface area contributed by atoms with E-state index in [1.54, 1.807) is 6.07 Å². The van der Waals surface area contributed by atoms with E-state index in [-0.39, 0.29) is 12.1 Å². The highest BCUT2D eigenvalue weighted by atomic mass is 16.1. The van der Waals surface area contributed by atoms with Gasteiger partial charge >= 0.3 is 0 Å². The Bertz CT molecular complexity index is 1000. The molecule has 1 aliphatic rings. The molecule has 6 heteroatoms. The number of amides is 1. The molecule has 2 atom stereocenters. The molecular formula is C22H25N5O. The van der Waals surface area contributed by atoms with Crippen LogP contribution in [0, 0.1) is 0 Å². The van der Waals surface area contributed by atoms with Crippen LogP contribution in [0.5, 0.6) is 0 Å². The van der Waals surface area contributed by atoms with E-state index < -0.39 is 5.91 Å². The van der Waals surface area contributed by atoms with Crippen molar-refractivity contribution in [3.05, 3.63) is 60.2 Å². The molecule has 28 heavy (non-hydrogen) atoms. The molecule has 6 nitrogen and oxygen atoms in total. The number of hydrogen-bond donors (Lipinski definition) is 4. The molecule has 1 heterocycles. The number of para-hydroxylation sites is 1. The molecule has 1 amide bonds. The monoisotopic (exact) mass is 375 g/mol. The van der Waals surface area contributed by atoms with Crippen LogP contribution in [0.25, 0.3) is 10.9 Å². The molecule has 6 N–H and O–H groups in total. The standard InChI is InChI=1S/C22H25N5O/c23-17-6-2-4-8-19(17)25-15-10-11-16(22(24)28)20(13-15)27-21-12-9-14-5-1-3-7-18(14)26-21/h1,3,5,7,9-13,17,19,25H,2,4,6,8,23H2,(H2,24,28)(H,26,27)/t17-,19+/m1/s1. The number of aromatic nitrogens is 1. The summed E-state index contributed by atoms with van der Waals surface area (Å²) < 4.78 is 0. The van der Waals surface area contributed by atoms with Gasteiger partial charge in [-0.25, -0.2) is 4.98 Å². The SMILES string of the molecule is NC(=O)c1ccc(N[C@H]2CCCC[C@H]2N)cc1Nc1ccc2ccccc2n1. The van der Waals surface area contributed by atoms with Gasteiger partial charge in [0.25, 0.3) is 5.91 Å². The van der Waals surface area contributed by atoms with E-state index in [0.717, 1.165) is 29.4 Å². The normalized spacial score (nSPS) is 19.3. The van der Waals surface area contributed by atoms with Gasteiger partial charge in [-0.1, -0.05) is 31.0 Å². The third kappa shape index (κ3) is 3.92. The summed E-state index contributed by atoms with van der Waals surface area (Å²) >= 11 is 0. The first-order valence-corrected chi connectivity index (χ1v) is 9.69. The molecule has 0 unspecified atom stereocenters. The Kier molecular flexibility index (Phi) is 5.12. The zero-order valence-corrected chi connectivity index (χ0v) is 15.7. The maximum Gasteiger partial charge on any atom is 0.250 e. The number of carbonyl (C=O) groups excluding carboxylic acids is 1. The van der Waals surface area contributed by atoms with Crippen LogP contribution >= 0.6 is 0 Å². The summed E-state index contributed by atoms with van der Waals surface area (Å²) in [4.78, 5) is 16.5. The van der Waals surface area contributed by atoms with Crippen LogP contribution in [0.4, 0.5) is 17.2 Å². The minimum Gasteiger partial charge on any atom is -0.381 e. The van der Waals surface area contributed by atoms with E-state index >= 15 is 0 Å². The molecule has 0 bridgehead atoms. The lowest BCUT2D eigenvalue weighted by Gasteiger charge is -2.30. The lowest BCUT2D eigenvalue weighted by molar-refractivity contribution is 0.100. The van der Waals surface area contributed by atoms with E-state index in [1.165, 1.54) is 12.8 Å². The summed E-state index contributed by atoms with van der Waals surface area (Å²) in [6.45, 7) is 0. The number of primary amides is 1. The number of hydrogen-bond acceptors (Lipinski definition) is 5. The van der Waals surface area contributed by atoms with Gasteiger partial charge in [0.2, 0.25) is 0 Å². The number of rotatable bonds is 5. The topological polar surface area (TPSA) is 106 Å². The molecule has 2 aromatic carbocycles. The van der Waals surface area contributed by atoms with Crippen molar-refractivity contribution in [3.63, 3.8) is 0 Å². The Morgan fingerprint density at radius 2 is 1.86 bits per heavy atom. The first-order chi connectivity index (χ1) is 13.6. The van der Waals surface area contributed by atoms with Gasteiger partial charge in [-0.15, -0.1) is 0 Å². The highest BCUT2D eigenvalue weighted by molar-refractivity contribution is 6.00. The number of nitrogens with zero attached hydrogens (tertiary/aromatic N) is 1. The van der Waals surface area contributed by atoms with E-state index in [1.807, 2.05) is 48.5 Å². The zero-order valence-electron chi connectivity index (χ0n) is 15.7. The Morgan fingerprint density at radius 3 is 2.68 bits per heavy atom. The number of benzene rings is 2. The summed E-state index contributed by atoms with van der Waals surface area (Å²) in [6, 6.07) is 17.7. The van der Waals surface area contributed by atoms with E-state index in [4.69, 9.17) is 11.5 Å². The Morgan fingerprint density at radius 1 is 1.04 bits per heavy atom. The Hall–Kier alpha value is -3.12. The van der Waals surface area contributed by atoms with Crippen LogP contribution in [0.1, 0.15) is 36.0 Å². The fourth-order valence-corrected chi connectivity index (χ4v) is 3.78. The summed E-state index contributed by atoms with van der Waals surface area (Å²) in [5.41, 5.74) is 14.7. The molecular weight excluding hydrogens is 350 g/mol. The lowest BCUT2D eigenvalue weighted by atomic mass is 9.91. The van der Waals surface area contributed by atoms with Gasteiger partial charge in [-0.2, -0.15) is 0 Å². The highest BCUT2D eigenvalue weighted by Gasteiger charge is 2.22. The van der Waals surface area contributed by atoms with Gasteiger partial charge in [0.1, 0.15) is 5.82 Å². The van der Waals surface area contributed by atoms with Gasteiger partial charge in [0, 0.05) is 23.2 Å². The second-order valence-corrected chi connectivity index (χ2v) is 7.34. The molecule has 0 saturated heterocycles. The molecule has 144 valence electrons. The van der Waals surface area contributed by atoms with E-state index in [0.29, 0.717) is 17.1 Å². The third-order valence-electron chi connectivity index (χ3n) is 5.32. The minimum absolute atomic E-state index is 0.142. The number of anilines is 3. The van der Waals surface area contributed by atoms with Crippen molar-refractivity contribution >= 4 is 34.0 Å². The number of pyridine rings is 1. The quantitative estimate of drug-likeness (QED) is 0.543. The zero-order chi connectivity index (χ0) is 19.5. The number of carbonyl (C=O) groups is 1. The van der Waals surface area contributed by atoms with Crippen LogP contribution in [0.15, 0.2) is 54.6 Å². The van der Waals surface area contributed by atoms with Crippen molar-refractivity contribution in [2.45, 2.75) is 37.8 Å². The van der Waals surface area contributed by atoms with Crippen LogP contribution in [0.2, 0.25) is 0 Å². The van der Waals surface area contributed by atoms with Crippen molar-refractivity contribution in [3.8, 4) is 0 Å². The van der Waals surface area contributed by atoms with Crippen molar-refractivity contribution in [1.82, 2.24) is 4.98 Å². The van der Waals surface area contributed by atoms with E-state index in [2.05, 4.69) is 15.6 Å². The largest absolute Gasteiger partial charge is 0.381 e. The molecule has 1 fully saturated rings. The molecule has 0 spiro atoms. The summed E-state index contributed by atoms with van der Waals surface area (Å²) in [6.07, 6.45) is 4.44. The maximum absolute atomic E-state index is 11.9. The van der Waals surface area contributed by atoms with Gasteiger partial charge in [-0.05, 0) is 49.2 Å². The predicted molar refractivity (Wildman–Crippen MR) is 114 cm³/mol. The lowest BCUT2D eigenvalue weighted by Crippen LogP contribution is -2.42. The fourth-order valence-electron chi connectivity index (χ4n) is 3.78.